The summed E-state index contributed by atoms with van der Waals surface area (Å²) in [5.74, 6) is -0.152. The fourth-order valence-corrected chi connectivity index (χ4v) is 5.96. The molecule has 2 aliphatic heterocycles. The molecular weight excluding hydrogens is 428 g/mol. The van der Waals surface area contributed by atoms with Crippen molar-refractivity contribution in [1.82, 2.24) is 15.6 Å². The average Bonchev–Trinajstić information content (AvgIpc) is 3.14. The molecule has 2 N–H and O–H groups in total. The second-order valence-electron chi connectivity index (χ2n) is 9.68. The molecule has 32 heavy (non-hydrogen) atoms. The zero-order chi connectivity index (χ0) is 23.1. The molecule has 1 saturated carbocycles. The standard InChI is InChI=1S/C23H38N4O4S/c1-15(2)13-18-14-32-23(27(18)3)26-25-22(30)20(28)19(16-9-11-31-12-10-16)24-21(29)17-7-5-4-6-8-17/h15-19H,4-14H2,1-3H3,(H,24,29)(H,25,30)/b26-23-/t18-,19?/m1/s1. The van der Waals surface area contributed by atoms with Crippen LogP contribution in [-0.2, 0) is 19.1 Å². The Morgan fingerprint density at radius 1 is 1.12 bits per heavy atom. The smallest absolute Gasteiger partial charge is 0.309 e. The lowest BCUT2D eigenvalue weighted by atomic mass is 9.85. The van der Waals surface area contributed by atoms with Crippen LogP contribution in [0.15, 0.2) is 5.10 Å². The van der Waals surface area contributed by atoms with Gasteiger partial charge in [-0.25, -0.2) is 5.43 Å². The van der Waals surface area contributed by atoms with E-state index >= 15 is 0 Å². The molecule has 0 spiro atoms. The molecule has 0 aromatic heterocycles. The van der Waals surface area contributed by atoms with E-state index in [1.807, 2.05) is 7.05 Å². The first kappa shape index (κ1) is 25.0. The Morgan fingerprint density at radius 2 is 1.81 bits per heavy atom. The number of ether oxygens (including phenoxy) is 1. The molecule has 2 saturated heterocycles. The highest BCUT2D eigenvalue weighted by molar-refractivity contribution is 8.14. The third-order valence-corrected chi connectivity index (χ3v) is 7.96. The van der Waals surface area contributed by atoms with Gasteiger partial charge in [-0.1, -0.05) is 44.9 Å². The number of Topliss-reactive ketones (excluding diaryl/α,β-unsaturated/α-hetero) is 1. The lowest BCUT2D eigenvalue weighted by Gasteiger charge is -2.31. The molecule has 8 nitrogen and oxygen atoms in total. The largest absolute Gasteiger partial charge is 0.381 e. The highest BCUT2D eigenvalue weighted by Crippen LogP contribution is 2.27. The van der Waals surface area contributed by atoms with E-state index < -0.39 is 17.7 Å². The predicted molar refractivity (Wildman–Crippen MR) is 126 cm³/mol. The number of amidine groups is 1. The lowest BCUT2D eigenvalue weighted by Crippen LogP contribution is -2.53. The van der Waals surface area contributed by atoms with Gasteiger partial charge in [0.05, 0.1) is 0 Å². The number of carbonyl (C=O) groups excluding carboxylic acids is 3. The van der Waals surface area contributed by atoms with Crippen molar-refractivity contribution in [2.24, 2.45) is 22.9 Å². The van der Waals surface area contributed by atoms with Crippen molar-refractivity contribution in [2.45, 2.75) is 77.3 Å². The number of thioether (sulfide) groups is 1. The number of rotatable bonds is 8. The van der Waals surface area contributed by atoms with E-state index in [9.17, 15) is 14.4 Å². The topological polar surface area (TPSA) is 100 Å². The number of amides is 2. The highest BCUT2D eigenvalue weighted by atomic mass is 32.2. The molecule has 3 aliphatic rings. The van der Waals surface area contributed by atoms with Crippen molar-refractivity contribution < 1.29 is 19.1 Å². The van der Waals surface area contributed by atoms with Gasteiger partial charge in [0.2, 0.25) is 11.7 Å². The summed E-state index contributed by atoms with van der Waals surface area (Å²) in [7, 11) is 1.97. The van der Waals surface area contributed by atoms with Gasteiger partial charge in [-0.3, -0.25) is 14.4 Å². The van der Waals surface area contributed by atoms with Crippen LogP contribution in [0, 0.1) is 17.8 Å². The quantitative estimate of drug-likeness (QED) is 0.421. The number of nitrogens with one attached hydrogen (secondary N) is 2. The maximum absolute atomic E-state index is 13.1. The summed E-state index contributed by atoms with van der Waals surface area (Å²) in [5, 5.41) is 7.87. The second kappa shape index (κ2) is 12.0. The van der Waals surface area contributed by atoms with Gasteiger partial charge in [0.1, 0.15) is 6.04 Å². The van der Waals surface area contributed by atoms with Crippen LogP contribution in [-0.4, -0.2) is 65.8 Å². The summed E-state index contributed by atoms with van der Waals surface area (Å²) in [4.78, 5) is 40.7. The molecule has 2 amide bonds. The van der Waals surface area contributed by atoms with Crippen molar-refractivity contribution in [3.8, 4) is 0 Å². The van der Waals surface area contributed by atoms with Crippen molar-refractivity contribution >= 4 is 34.5 Å². The molecule has 2 atom stereocenters. The molecule has 2 heterocycles. The molecule has 9 heteroatoms. The van der Waals surface area contributed by atoms with E-state index in [1.165, 1.54) is 0 Å². The van der Waals surface area contributed by atoms with Crippen molar-refractivity contribution in [1.29, 1.82) is 0 Å². The maximum atomic E-state index is 13.1. The molecule has 1 aliphatic carbocycles. The van der Waals surface area contributed by atoms with Gasteiger partial charge in [0.25, 0.3) is 0 Å². The lowest BCUT2D eigenvalue weighted by molar-refractivity contribution is -0.142. The first-order valence-electron chi connectivity index (χ1n) is 12.0. The summed E-state index contributed by atoms with van der Waals surface area (Å²) < 4.78 is 5.42. The van der Waals surface area contributed by atoms with Crippen LogP contribution in [0.2, 0.25) is 0 Å². The highest BCUT2D eigenvalue weighted by Gasteiger charge is 2.37. The first-order chi connectivity index (χ1) is 15.4. The molecule has 3 rings (SSSR count). The van der Waals surface area contributed by atoms with Crippen LogP contribution in [0.4, 0.5) is 0 Å². The van der Waals surface area contributed by atoms with Crippen LogP contribution in [0.3, 0.4) is 0 Å². The van der Waals surface area contributed by atoms with Crippen LogP contribution >= 0.6 is 11.8 Å². The van der Waals surface area contributed by atoms with Gasteiger partial charge in [-0.2, -0.15) is 0 Å². The molecular formula is C23H38N4O4S. The fourth-order valence-electron chi connectivity index (χ4n) is 4.80. The molecule has 0 aromatic rings. The van der Waals surface area contributed by atoms with Crippen LogP contribution < -0.4 is 10.7 Å². The maximum Gasteiger partial charge on any atom is 0.309 e. The average molecular weight is 467 g/mol. The van der Waals surface area contributed by atoms with E-state index in [0.717, 1.165) is 44.3 Å². The van der Waals surface area contributed by atoms with E-state index in [0.29, 0.717) is 43.2 Å². The normalized spacial score (nSPS) is 25.2. The Labute approximate surface area is 195 Å². The predicted octanol–water partition coefficient (Wildman–Crippen LogP) is 2.53. The summed E-state index contributed by atoms with van der Waals surface area (Å²) >= 11 is 1.58. The van der Waals surface area contributed by atoms with Gasteiger partial charge in [0, 0.05) is 38.0 Å². The van der Waals surface area contributed by atoms with Gasteiger partial charge < -0.3 is 15.0 Å². The number of hydrogen-bond acceptors (Lipinski definition) is 6. The SMILES string of the molecule is CC(C)C[C@@H]1CS/C(=N\NC(=O)C(=O)C(NC(=O)C2CCCCC2)C2CCOCC2)N1C. The Hall–Kier alpha value is -1.61. The van der Waals surface area contributed by atoms with Crippen LogP contribution in [0.25, 0.3) is 0 Å². The third-order valence-electron chi connectivity index (χ3n) is 6.77. The number of hydrazone groups is 1. The molecule has 180 valence electrons. The van der Waals surface area contributed by atoms with Crippen molar-refractivity contribution in [3.05, 3.63) is 0 Å². The monoisotopic (exact) mass is 466 g/mol. The number of carbonyl (C=O) groups is 3. The minimum absolute atomic E-state index is 0.0661. The van der Waals surface area contributed by atoms with Crippen LogP contribution in [0.5, 0.6) is 0 Å². The Bertz CT molecular complexity index is 702. The zero-order valence-electron chi connectivity index (χ0n) is 19.6. The minimum atomic E-state index is -0.823. The molecule has 3 fully saturated rings. The second-order valence-corrected chi connectivity index (χ2v) is 10.7. The van der Waals surface area contributed by atoms with E-state index in [2.05, 4.69) is 34.6 Å². The van der Waals surface area contributed by atoms with E-state index in [-0.39, 0.29) is 17.7 Å². The van der Waals surface area contributed by atoms with E-state index in [1.54, 1.807) is 11.8 Å². The fraction of sp³-hybridized carbons (Fsp3) is 0.826. The number of hydrogen-bond donors (Lipinski definition) is 2. The van der Waals surface area contributed by atoms with Gasteiger partial charge in [-0.15, -0.1) is 5.10 Å². The van der Waals surface area contributed by atoms with Crippen molar-refractivity contribution in [3.63, 3.8) is 0 Å². The molecule has 0 radical (unpaired) electrons. The minimum Gasteiger partial charge on any atom is -0.381 e. The van der Waals surface area contributed by atoms with E-state index in [4.69, 9.17) is 4.74 Å². The van der Waals surface area contributed by atoms with Crippen molar-refractivity contribution in [2.75, 3.05) is 26.0 Å². The zero-order valence-corrected chi connectivity index (χ0v) is 20.4. The summed E-state index contributed by atoms with van der Waals surface area (Å²) in [6, 6.07) is -0.452. The summed E-state index contributed by atoms with van der Waals surface area (Å²) in [5.41, 5.74) is 2.46. The third kappa shape index (κ3) is 6.70. The van der Waals surface area contributed by atoms with Gasteiger partial charge >= 0.3 is 5.91 Å². The van der Waals surface area contributed by atoms with Gasteiger partial charge in [-0.05, 0) is 43.9 Å². The Morgan fingerprint density at radius 3 is 2.47 bits per heavy atom. The Balaban J connectivity index is 1.63. The molecule has 0 aromatic carbocycles. The van der Waals surface area contributed by atoms with Gasteiger partial charge in [0.15, 0.2) is 5.17 Å². The number of nitrogens with zero attached hydrogens (tertiary/aromatic N) is 2. The summed E-state index contributed by atoms with van der Waals surface area (Å²) in [6.45, 7) is 5.45. The molecule has 0 bridgehead atoms. The van der Waals surface area contributed by atoms with Crippen LogP contribution in [0.1, 0.15) is 65.2 Å². The Kier molecular flexibility index (Phi) is 9.40. The molecule has 1 unspecified atom stereocenters. The summed E-state index contributed by atoms with van der Waals surface area (Å²) in [6.07, 6.45) is 7.28. The number of ketones is 1. The first-order valence-corrected chi connectivity index (χ1v) is 13.0.